The minimum Gasteiger partial charge on any atom is -0.456 e. The molecule has 0 spiro atoms. The monoisotopic (exact) mass is 408 g/mol. The first-order valence-electron chi connectivity index (χ1n) is 9.67. The Labute approximate surface area is 174 Å². The van der Waals surface area contributed by atoms with Crippen LogP contribution in [-0.2, 0) is 26.2 Å². The first-order valence-corrected chi connectivity index (χ1v) is 9.67. The molecule has 1 aromatic heterocycles. The Hall–Kier alpha value is -3.48. The lowest BCUT2D eigenvalue weighted by Crippen LogP contribution is -2.34. The molecule has 2 aromatic carbocycles. The van der Waals surface area contributed by atoms with Crippen LogP contribution in [0.15, 0.2) is 52.9 Å². The van der Waals surface area contributed by atoms with Crippen LogP contribution in [-0.4, -0.2) is 29.4 Å². The lowest BCUT2D eigenvalue weighted by Gasteiger charge is -2.18. The van der Waals surface area contributed by atoms with E-state index in [1.807, 2.05) is 30.3 Å². The highest BCUT2D eigenvalue weighted by atomic mass is 16.5. The summed E-state index contributed by atoms with van der Waals surface area (Å²) < 4.78 is 10.5. The fraction of sp³-hybridized carbons (Fsp3) is 0.304. The molecular weight excluding hydrogens is 384 g/mol. The Bertz CT molecular complexity index is 1030. The number of esters is 1. The number of amides is 2. The fourth-order valence-corrected chi connectivity index (χ4v) is 2.81. The average molecular weight is 408 g/mol. The molecule has 0 fully saturated rings. The summed E-state index contributed by atoms with van der Waals surface area (Å²) >= 11 is 0. The summed E-state index contributed by atoms with van der Waals surface area (Å²) in [5, 5.41) is 2.22. The van der Waals surface area contributed by atoms with Gasteiger partial charge in [0.1, 0.15) is 5.52 Å². The third-order valence-electron chi connectivity index (χ3n) is 4.51. The van der Waals surface area contributed by atoms with E-state index >= 15 is 0 Å². The zero-order chi connectivity index (χ0) is 21.7. The predicted octanol–water partition coefficient (Wildman–Crippen LogP) is 3.56. The number of carbonyl (C=O) groups is 3. The zero-order valence-electron chi connectivity index (χ0n) is 17.2. The number of benzene rings is 2. The lowest BCUT2D eigenvalue weighted by molar-refractivity contribution is -0.148. The quantitative estimate of drug-likeness (QED) is 0.626. The Morgan fingerprint density at radius 3 is 2.40 bits per heavy atom. The number of aryl methyl sites for hydroxylation is 1. The number of carbonyl (C=O) groups excluding carboxylic acids is 3. The van der Waals surface area contributed by atoms with Gasteiger partial charge in [0.05, 0.1) is 6.42 Å². The van der Waals surface area contributed by atoms with Gasteiger partial charge in [-0.1, -0.05) is 45.0 Å². The maximum absolute atomic E-state index is 12.2. The number of rotatable bonds is 6. The minimum atomic E-state index is -0.685. The first kappa shape index (κ1) is 21.2. The van der Waals surface area contributed by atoms with Crippen LogP contribution in [0.25, 0.3) is 11.1 Å². The highest BCUT2D eigenvalue weighted by molar-refractivity contribution is 6.05. The zero-order valence-corrected chi connectivity index (χ0v) is 17.2. The smallest absolute Gasteiger partial charge is 0.306 e. The Balaban J connectivity index is 1.43. The molecule has 0 saturated heterocycles. The summed E-state index contributed by atoms with van der Waals surface area (Å²) in [5.41, 5.74) is 2.78. The van der Waals surface area contributed by atoms with Gasteiger partial charge in [0.2, 0.25) is 0 Å². The fourth-order valence-electron chi connectivity index (χ4n) is 2.81. The molecule has 7 heteroatoms. The van der Waals surface area contributed by atoms with Crippen LogP contribution in [0.3, 0.4) is 0 Å². The molecule has 156 valence electrons. The van der Waals surface area contributed by atoms with E-state index in [-0.39, 0.29) is 18.3 Å². The van der Waals surface area contributed by atoms with Crippen molar-refractivity contribution in [1.82, 2.24) is 10.3 Å². The van der Waals surface area contributed by atoms with Crippen LogP contribution < -0.4 is 5.32 Å². The molecule has 0 bridgehead atoms. The minimum absolute atomic E-state index is 0.0162. The Kier molecular flexibility index (Phi) is 6.30. The van der Waals surface area contributed by atoms with E-state index in [2.05, 4.69) is 31.1 Å². The molecule has 0 radical (unpaired) electrons. The topological polar surface area (TPSA) is 98.5 Å². The van der Waals surface area contributed by atoms with Crippen LogP contribution >= 0.6 is 0 Å². The van der Waals surface area contributed by atoms with E-state index in [9.17, 15) is 14.4 Å². The molecule has 1 heterocycles. The molecule has 3 aromatic rings. The Morgan fingerprint density at radius 1 is 1.03 bits per heavy atom. The van der Waals surface area contributed by atoms with Crippen molar-refractivity contribution in [3.63, 3.8) is 0 Å². The van der Waals surface area contributed by atoms with Gasteiger partial charge in [-0.15, -0.1) is 0 Å². The van der Waals surface area contributed by atoms with Crippen molar-refractivity contribution in [1.29, 1.82) is 0 Å². The van der Waals surface area contributed by atoms with E-state index in [1.165, 1.54) is 0 Å². The van der Waals surface area contributed by atoms with Gasteiger partial charge >= 0.3 is 5.97 Å². The predicted molar refractivity (Wildman–Crippen MR) is 111 cm³/mol. The molecule has 0 unspecified atom stereocenters. The number of hydrogen-bond donors (Lipinski definition) is 1. The van der Waals surface area contributed by atoms with Crippen LogP contribution in [0.2, 0.25) is 0 Å². The van der Waals surface area contributed by atoms with Crippen LogP contribution in [0, 0.1) is 0 Å². The number of imide groups is 1. The third kappa shape index (κ3) is 5.53. The van der Waals surface area contributed by atoms with Crippen molar-refractivity contribution in [2.45, 2.75) is 39.0 Å². The SMILES string of the molecule is CC(C)(C)c1ccc(C(=O)NC(=O)COC(=O)CCc2nc3ccccc3o2)cc1. The van der Waals surface area contributed by atoms with Crippen LogP contribution in [0.4, 0.5) is 0 Å². The molecule has 0 saturated carbocycles. The number of nitrogens with zero attached hydrogens (tertiary/aromatic N) is 1. The molecule has 1 N–H and O–H groups in total. The van der Waals surface area contributed by atoms with Gasteiger partial charge in [0.15, 0.2) is 18.1 Å². The summed E-state index contributed by atoms with van der Waals surface area (Å²) in [5.74, 6) is -1.38. The maximum atomic E-state index is 12.2. The molecular formula is C23H24N2O5. The van der Waals surface area contributed by atoms with E-state index in [1.54, 1.807) is 18.2 Å². The number of para-hydroxylation sites is 2. The second-order valence-corrected chi connectivity index (χ2v) is 7.94. The van der Waals surface area contributed by atoms with Gasteiger partial charge < -0.3 is 9.15 Å². The summed E-state index contributed by atoms with van der Waals surface area (Å²) in [4.78, 5) is 40.2. The van der Waals surface area contributed by atoms with Gasteiger partial charge in [0.25, 0.3) is 11.8 Å². The van der Waals surface area contributed by atoms with Gasteiger partial charge in [0, 0.05) is 12.0 Å². The van der Waals surface area contributed by atoms with Crippen LogP contribution in [0.1, 0.15) is 49.0 Å². The second kappa shape index (κ2) is 8.90. The molecule has 0 aliphatic heterocycles. The van der Waals surface area contributed by atoms with Crippen molar-refractivity contribution in [2.75, 3.05) is 6.61 Å². The van der Waals surface area contributed by atoms with Crippen molar-refractivity contribution in [3.8, 4) is 0 Å². The van der Waals surface area contributed by atoms with Crippen molar-refractivity contribution in [3.05, 3.63) is 65.5 Å². The van der Waals surface area contributed by atoms with Crippen molar-refractivity contribution >= 4 is 28.9 Å². The largest absolute Gasteiger partial charge is 0.456 e. The van der Waals surface area contributed by atoms with E-state index in [0.717, 1.165) is 5.56 Å². The first-order chi connectivity index (χ1) is 14.2. The molecule has 7 nitrogen and oxygen atoms in total. The molecule has 0 aliphatic rings. The van der Waals surface area contributed by atoms with Gasteiger partial charge in [-0.2, -0.15) is 0 Å². The molecule has 0 aliphatic carbocycles. The summed E-state index contributed by atoms with van der Waals surface area (Å²) in [7, 11) is 0. The second-order valence-electron chi connectivity index (χ2n) is 7.94. The van der Waals surface area contributed by atoms with Gasteiger partial charge in [-0.3, -0.25) is 19.7 Å². The maximum Gasteiger partial charge on any atom is 0.306 e. The van der Waals surface area contributed by atoms with Crippen LogP contribution in [0.5, 0.6) is 0 Å². The lowest BCUT2D eigenvalue weighted by atomic mass is 9.87. The highest BCUT2D eigenvalue weighted by Gasteiger charge is 2.16. The normalized spacial score (nSPS) is 11.3. The standard InChI is InChI=1S/C23H24N2O5/c1-23(2,3)16-10-8-15(9-11-16)22(28)25-19(26)14-29-21(27)13-12-20-24-17-6-4-5-7-18(17)30-20/h4-11H,12-14H2,1-3H3,(H,25,26,28). The Morgan fingerprint density at radius 2 is 1.73 bits per heavy atom. The highest BCUT2D eigenvalue weighted by Crippen LogP contribution is 2.22. The number of oxazole rings is 1. The van der Waals surface area contributed by atoms with Gasteiger partial charge in [-0.25, -0.2) is 4.98 Å². The summed E-state index contributed by atoms with van der Waals surface area (Å²) in [6.45, 7) is 5.69. The third-order valence-corrected chi connectivity index (χ3v) is 4.51. The molecule has 3 rings (SSSR count). The number of nitrogens with one attached hydrogen (secondary N) is 1. The van der Waals surface area contributed by atoms with Crippen molar-refractivity contribution in [2.24, 2.45) is 0 Å². The number of fused-ring (bicyclic) bond motifs is 1. The summed E-state index contributed by atoms with van der Waals surface area (Å²) in [6.07, 6.45) is 0.274. The van der Waals surface area contributed by atoms with Crippen molar-refractivity contribution < 1.29 is 23.5 Å². The van der Waals surface area contributed by atoms with E-state index in [4.69, 9.17) is 9.15 Å². The number of hydrogen-bond acceptors (Lipinski definition) is 6. The molecule has 30 heavy (non-hydrogen) atoms. The van der Waals surface area contributed by atoms with Gasteiger partial charge in [-0.05, 0) is 35.2 Å². The van der Waals surface area contributed by atoms with E-state index in [0.29, 0.717) is 22.6 Å². The molecule has 2 amide bonds. The number of ether oxygens (including phenoxy) is 1. The summed E-state index contributed by atoms with van der Waals surface area (Å²) in [6, 6.07) is 14.3. The number of aromatic nitrogens is 1. The molecule has 0 atom stereocenters. The average Bonchev–Trinajstić information content (AvgIpc) is 3.13. The van der Waals surface area contributed by atoms with E-state index < -0.39 is 24.4 Å².